The lowest BCUT2D eigenvalue weighted by molar-refractivity contribution is -0.119. The summed E-state index contributed by atoms with van der Waals surface area (Å²) in [4.78, 5) is 11.4. The molecule has 1 atom stereocenters. The highest BCUT2D eigenvalue weighted by Crippen LogP contribution is 2.13. The van der Waals surface area contributed by atoms with E-state index < -0.39 is 0 Å². The van der Waals surface area contributed by atoms with Gasteiger partial charge in [-0.05, 0) is 19.4 Å². The van der Waals surface area contributed by atoms with E-state index in [-0.39, 0.29) is 18.6 Å². The van der Waals surface area contributed by atoms with Crippen LogP contribution in [0.15, 0.2) is 24.3 Å². The number of benzene rings is 1. The highest BCUT2D eigenvalue weighted by atomic mass is 32.2. The van der Waals surface area contributed by atoms with E-state index in [1.807, 2.05) is 6.07 Å². The SMILES string of the molecule is Cc1cccc(CSCC(=O)N[C@@H](C)CO)c1. The fourth-order valence-electron chi connectivity index (χ4n) is 1.43. The summed E-state index contributed by atoms with van der Waals surface area (Å²) < 4.78 is 0. The zero-order chi connectivity index (χ0) is 12.7. The molecular weight excluding hydrogens is 234 g/mol. The molecule has 1 amide bonds. The molecule has 2 N–H and O–H groups in total. The Hall–Kier alpha value is -1.00. The Balaban J connectivity index is 2.26. The monoisotopic (exact) mass is 253 g/mol. The van der Waals surface area contributed by atoms with Gasteiger partial charge in [0, 0.05) is 11.8 Å². The first-order valence-corrected chi connectivity index (χ1v) is 6.81. The first-order valence-electron chi connectivity index (χ1n) is 5.65. The van der Waals surface area contributed by atoms with E-state index in [9.17, 15) is 4.79 Å². The fourth-order valence-corrected chi connectivity index (χ4v) is 2.21. The smallest absolute Gasteiger partial charge is 0.230 e. The van der Waals surface area contributed by atoms with E-state index in [0.29, 0.717) is 5.75 Å². The van der Waals surface area contributed by atoms with Crippen molar-refractivity contribution in [1.29, 1.82) is 0 Å². The van der Waals surface area contributed by atoms with Crippen LogP contribution in [-0.2, 0) is 10.5 Å². The van der Waals surface area contributed by atoms with Crippen LogP contribution in [-0.4, -0.2) is 29.4 Å². The molecule has 0 saturated carbocycles. The molecule has 0 aliphatic carbocycles. The number of aryl methyl sites for hydroxylation is 1. The zero-order valence-corrected chi connectivity index (χ0v) is 11.1. The number of aliphatic hydroxyl groups excluding tert-OH is 1. The van der Waals surface area contributed by atoms with Crippen LogP contribution in [0, 0.1) is 6.92 Å². The molecule has 0 aromatic heterocycles. The summed E-state index contributed by atoms with van der Waals surface area (Å²) in [5, 5.41) is 11.5. The molecule has 1 aromatic carbocycles. The molecule has 0 heterocycles. The van der Waals surface area contributed by atoms with Gasteiger partial charge in [0.1, 0.15) is 0 Å². The minimum atomic E-state index is -0.165. The van der Waals surface area contributed by atoms with E-state index in [4.69, 9.17) is 5.11 Å². The summed E-state index contributed by atoms with van der Waals surface area (Å²) in [6.07, 6.45) is 0. The normalized spacial score (nSPS) is 12.2. The fraction of sp³-hybridized carbons (Fsp3) is 0.462. The Kier molecular flexibility index (Phi) is 6.08. The van der Waals surface area contributed by atoms with Crippen molar-refractivity contribution in [1.82, 2.24) is 5.32 Å². The number of hydrogen-bond donors (Lipinski definition) is 2. The molecule has 0 aliphatic heterocycles. The van der Waals surface area contributed by atoms with Crippen LogP contribution in [0.3, 0.4) is 0 Å². The quantitative estimate of drug-likeness (QED) is 0.811. The molecule has 1 rings (SSSR count). The van der Waals surface area contributed by atoms with Crippen LogP contribution in [0.2, 0.25) is 0 Å². The van der Waals surface area contributed by atoms with E-state index in [1.165, 1.54) is 11.1 Å². The number of carbonyl (C=O) groups is 1. The molecule has 94 valence electrons. The molecule has 17 heavy (non-hydrogen) atoms. The largest absolute Gasteiger partial charge is 0.394 e. The summed E-state index contributed by atoms with van der Waals surface area (Å²) in [6.45, 7) is 3.82. The van der Waals surface area contributed by atoms with E-state index >= 15 is 0 Å². The number of thioether (sulfide) groups is 1. The minimum absolute atomic E-state index is 0.0196. The first kappa shape index (κ1) is 14.1. The summed E-state index contributed by atoms with van der Waals surface area (Å²) in [5.74, 6) is 1.24. The highest BCUT2D eigenvalue weighted by molar-refractivity contribution is 7.99. The van der Waals surface area contributed by atoms with Gasteiger partial charge in [0.2, 0.25) is 5.91 Å². The van der Waals surface area contributed by atoms with Crippen molar-refractivity contribution in [2.75, 3.05) is 12.4 Å². The third-order valence-corrected chi connectivity index (χ3v) is 3.27. The van der Waals surface area contributed by atoms with Crippen molar-refractivity contribution in [3.05, 3.63) is 35.4 Å². The summed E-state index contributed by atoms with van der Waals surface area (Å²) in [5.41, 5.74) is 2.47. The zero-order valence-electron chi connectivity index (χ0n) is 10.3. The average molecular weight is 253 g/mol. The molecule has 4 heteroatoms. The Labute approximate surface area is 107 Å². The Bertz CT molecular complexity index is 368. The van der Waals surface area contributed by atoms with Crippen LogP contribution in [0.5, 0.6) is 0 Å². The molecule has 1 aromatic rings. The van der Waals surface area contributed by atoms with Gasteiger partial charge in [-0.1, -0.05) is 29.8 Å². The van der Waals surface area contributed by atoms with E-state index in [0.717, 1.165) is 5.75 Å². The van der Waals surface area contributed by atoms with Crippen LogP contribution in [0.4, 0.5) is 0 Å². The van der Waals surface area contributed by atoms with Crippen LogP contribution in [0.25, 0.3) is 0 Å². The van der Waals surface area contributed by atoms with Crippen LogP contribution < -0.4 is 5.32 Å². The van der Waals surface area contributed by atoms with Crippen molar-refractivity contribution < 1.29 is 9.90 Å². The number of hydrogen-bond acceptors (Lipinski definition) is 3. The Morgan fingerprint density at radius 2 is 2.29 bits per heavy atom. The lowest BCUT2D eigenvalue weighted by atomic mass is 10.2. The maximum atomic E-state index is 11.4. The summed E-state index contributed by atoms with van der Waals surface area (Å²) in [6, 6.07) is 8.11. The van der Waals surface area contributed by atoms with Gasteiger partial charge in [0.25, 0.3) is 0 Å². The number of aliphatic hydroxyl groups is 1. The van der Waals surface area contributed by atoms with E-state index in [1.54, 1.807) is 18.7 Å². The van der Waals surface area contributed by atoms with Crippen molar-refractivity contribution in [3.63, 3.8) is 0 Å². The van der Waals surface area contributed by atoms with E-state index in [2.05, 4.69) is 30.4 Å². The summed E-state index contributed by atoms with van der Waals surface area (Å²) >= 11 is 1.58. The molecule has 3 nitrogen and oxygen atoms in total. The predicted molar refractivity (Wildman–Crippen MR) is 72.0 cm³/mol. The Morgan fingerprint density at radius 3 is 2.94 bits per heavy atom. The first-order chi connectivity index (χ1) is 8.11. The van der Waals surface area contributed by atoms with Gasteiger partial charge in [-0.25, -0.2) is 0 Å². The molecule has 0 aliphatic rings. The number of carbonyl (C=O) groups excluding carboxylic acids is 1. The van der Waals surface area contributed by atoms with Gasteiger partial charge in [-0.15, -0.1) is 11.8 Å². The van der Waals surface area contributed by atoms with Crippen LogP contribution in [0.1, 0.15) is 18.1 Å². The maximum absolute atomic E-state index is 11.4. The summed E-state index contributed by atoms with van der Waals surface area (Å²) in [7, 11) is 0. The molecule has 0 radical (unpaired) electrons. The van der Waals surface area contributed by atoms with Crippen molar-refractivity contribution in [2.24, 2.45) is 0 Å². The third kappa shape index (κ3) is 5.75. The van der Waals surface area contributed by atoms with Crippen LogP contribution >= 0.6 is 11.8 Å². The molecule has 0 fully saturated rings. The minimum Gasteiger partial charge on any atom is -0.394 e. The highest BCUT2D eigenvalue weighted by Gasteiger charge is 2.05. The topological polar surface area (TPSA) is 49.3 Å². The Morgan fingerprint density at radius 1 is 1.53 bits per heavy atom. The lowest BCUT2D eigenvalue weighted by Crippen LogP contribution is -2.36. The molecular formula is C13H19NO2S. The maximum Gasteiger partial charge on any atom is 0.230 e. The van der Waals surface area contributed by atoms with Gasteiger partial charge in [-0.2, -0.15) is 0 Å². The number of rotatable bonds is 6. The average Bonchev–Trinajstić information content (AvgIpc) is 2.29. The lowest BCUT2D eigenvalue weighted by Gasteiger charge is -2.10. The van der Waals surface area contributed by atoms with Gasteiger partial charge in [0.05, 0.1) is 12.4 Å². The number of amides is 1. The third-order valence-electron chi connectivity index (χ3n) is 2.27. The second-order valence-corrected chi connectivity index (χ2v) is 5.12. The van der Waals surface area contributed by atoms with Gasteiger partial charge >= 0.3 is 0 Å². The van der Waals surface area contributed by atoms with Gasteiger partial charge in [-0.3, -0.25) is 4.79 Å². The molecule has 0 unspecified atom stereocenters. The predicted octanol–water partition coefficient (Wildman–Crippen LogP) is 1.73. The standard InChI is InChI=1S/C13H19NO2S/c1-10-4-3-5-12(6-10)8-17-9-13(16)14-11(2)7-15/h3-6,11,15H,7-9H2,1-2H3,(H,14,16)/t11-/m0/s1. The molecule has 0 bridgehead atoms. The van der Waals surface area contributed by atoms with Gasteiger partial charge < -0.3 is 10.4 Å². The van der Waals surface area contributed by atoms with Gasteiger partial charge in [0.15, 0.2) is 0 Å². The van der Waals surface area contributed by atoms with Crippen molar-refractivity contribution in [3.8, 4) is 0 Å². The molecule has 0 saturated heterocycles. The number of nitrogens with one attached hydrogen (secondary N) is 1. The second-order valence-electron chi connectivity index (χ2n) is 4.13. The molecule has 0 spiro atoms. The van der Waals surface area contributed by atoms with Crippen molar-refractivity contribution in [2.45, 2.75) is 25.6 Å². The van der Waals surface area contributed by atoms with Crippen molar-refractivity contribution >= 4 is 17.7 Å². The second kappa shape index (κ2) is 7.35.